The second-order valence-electron chi connectivity index (χ2n) is 7.09. The van der Waals surface area contributed by atoms with Crippen LogP contribution in [0.5, 0.6) is 17.2 Å². The van der Waals surface area contributed by atoms with Crippen LogP contribution in [-0.2, 0) is 10.5 Å². The smallest absolute Gasteiger partial charge is 0.257 e. The van der Waals surface area contributed by atoms with Crippen molar-refractivity contribution >= 4 is 23.5 Å². The number of fused-ring (bicyclic) bond motifs is 1. The molecular formula is C22H20FN3O5S. The molecule has 0 fully saturated rings. The zero-order chi connectivity index (χ0) is 22.8. The zero-order valence-corrected chi connectivity index (χ0v) is 18.1. The van der Waals surface area contributed by atoms with Gasteiger partial charge in [-0.1, -0.05) is 30.0 Å². The number of H-pyrrole nitrogens is 1. The molecule has 10 heteroatoms. The lowest BCUT2D eigenvalue weighted by Gasteiger charge is -2.25. The van der Waals surface area contributed by atoms with Gasteiger partial charge in [0, 0.05) is 18.1 Å². The first-order chi connectivity index (χ1) is 15.4. The number of hydrogen-bond donors (Lipinski definition) is 3. The Hall–Kier alpha value is -3.53. The SMILES string of the molecule is COc1cc(C2CC(=O)Nc3nc(SCc4ccccc4F)[nH]c(=O)c32)cc(OC)c1O. The van der Waals surface area contributed by atoms with Crippen molar-refractivity contribution in [1.82, 2.24) is 9.97 Å². The van der Waals surface area contributed by atoms with E-state index in [4.69, 9.17) is 9.47 Å². The fraction of sp³-hybridized carbons (Fsp3) is 0.227. The number of ether oxygens (including phenoxy) is 2. The summed E-state index contributed by atoms with van der Waals surface area (Å²) >= 11 is 1.16. The summed E-state index contributed by atoms with van der Waals surface area (Å²) in [5, 5.41) is 13.1. The second kappa shape index (κ2) is 8.91. The second-order valence-corrected chi connectivity index (χ2v) is 8.06. The van der Waals surface area contributed by atoms with Crippen LogP contribution in [0.2, 0.25) is 0 Å². The lowest BCUT2D eigenvalue weighted by atomic mass is 9.86. The number of aromatic nitrogens is 2. The van der Waals surface area contributed by atoms with Crippen LogP contribution in [0.25, 0.3) is 0 Å². The summed E-state index contributed by atoms with van der Waals surface area (Å²) in [7, 11) is 2.79. The summed E-state index contributed by atoms with van der Waals surface area (Å²) in [4.78, 5) is 32.5. The minimum absolute atomic E-state index is 0.0105. The molecule has 1 aromatic heterocycles. The summed E-state index contributed by atoms with van der Waals surface area (Å²) in [5.41, 5.74) is 0.909. The largest absolute Gasteiger partial charge is 0.502 e. The molecule has 2 aromatic carbocycles. The van der Waals surface area contributed by atoms with E-state index < -0.39 is 11.5 Å². The number of phenols is 1. The Morgan fingerprint density at radius 3 is 2.53 bits per heavy atom. The van der Waals surface area contributed by atoms with Gasteiger partial charge in [0.15, 0.2) is 16.7 Å². The number of benzene rings is 2. The quantitative estimate of drug-likeness (QED) is 0.384. The Morgan fingerprint density at radius 1 is 1.19 bits per heavy atom. The fourth-order valence-electron chi connectivity index (χ4n) is 3.58. The lowest BCUT2D eigenvalue weighted by molar-refractivity contribution is -0.116. The number of carbonyl (C=O) groups is 1. The van der Waals surface area contributed by atoms with Crippen molar-refractivity contribution in [2.45, 2.75) is 23.2 Å². The van der Waals surface area contributed by atoms with Crippen LogP contribution in [0.1, 0.15) is 29.0 Å². The molecule has 0 aliphatic carbocycles. The number of methoxy groups -OCH3 is 2. The molecule has 0 bridgehead atoms. The van der Waals surface area contributed by atoms with Crippen molar-refractivity contribution < 1.29 is 23.8 Å². The molecule has 4 rings (SSSR count). The molecule has 1 unspecified atom stereocenters. The van der Waals surface area contributed by atoms with E-state index in [1.165, 1.54) is 20.3 Å². The highest BCUT2D eigenvalue weighted by Crippen LogP contribution is 2.43. The Labute approximate surface area is 186 Å². The van der Waals surface area contributed by atoms with Crippen LogP contribution >= 0.6 is 11.8 Å². The number of rotatable bonds is 6. The van der Waals surface area contributed by atoms with Gasteiger partial charge in [0.05, 0.1) is 19.8 Å². The van der Waals surface area contributed by atoms with Crippen LogP contribution in [0.15, 0.2) is 46.3 Å². The number of nitrogens with zero attached hydrogens (tertiary/aromatic N) is 1. The van der Waals surface area contributed by atoms with Crippen molar-refractivity contribution in [3.63, 3.8) is 0 Å². The van der Waals surface area contributed by atoms with Crippen LogP contribution in [-0.4, -0.2) is 35.2 Å². The van der Waals surface area contributed by atoms with Gasteiger partial charge in [0.1, 0.15) is 11.6 Å². The minimum atomic E-state index is -0.621. The molecule has 32 heavy (non-hydrogen) atoms. The number of phenolic OH excluding ortho intramolecular Hbond substituents is 1. The molecule has 3 aromatic rings. The van der Waals surface area contributed by atoms with E-state index in [1.54, 1.807) is 30.3 Å². The molecule has 1 atom stereocenters. The third-order valence-corrected chi connectivity index (χ3v) is 6.08. The number of hydrogen-bond acceptors (Lipinski definition) is 7. The van der Waals surface area contributed by atoms with Gasteiger partial charge in [-0.05, 0) is 29.3 Å². The van der Waals surface area contributed by atoms with Crippen LogP contribution in [0, 0.1) is 5.82 Å². The number of aromatic amines is 1. The maximum absolute atomic E-state index is 13.9. The molecule has 0 saturated carbocycles. The summed E-state index contributed by atoms with van der Waals surface area (Å²) in [5.74, 6) is -0.715. The van der Waals surface area contributed by atoms with E-state index in [9.17, 15) is 19.1 Å². The van der Waals surface area contributed by atoms with Crippen LogP contribution in [0.3, 0.4) is 0 Å². The molecule has 0 spiro atoms. The Morgan fingerprint density at radius 2 is 1.88 bits per heavy atom. The van der Waals surface area contributed by atoms with Crippen molar-refractivity contribution in [1.29, 1.82) is 0 Å². The first-order valence-electron chi connectivity index (χ1n) is 9.66. The molecular weight excluding hydrogens is 437 g/mol. The van der Waals surface area contributed by atoms with Crippen LogP contribution in [0.4, 0.5) is 10.2 Å². The number of nitrogens with one attached hydrogen (secondary N) is 2. The van der Waals surface area contributed by atoms with E-state index >= 15 is 0 Å². The van der Waals surface area contributed by atoms with Crippen molar-refractivity contribution in [2.75, 3.05) is 19.5 Å². The van der Waals surface area contributed by atoms with Gasteiger partial charge in [-0.2, -0.15) is 0 Å². The summed E-state index contributed by atoms with van der Waals surface area (Å²) in [6.45, 7) is 0. The summed E-state index contributed by atoms with van der Waals surface area (Å²) < 4.78 is 24.3. The predicted octanol–water partition coefficient (Wildman–Crippen LogP) is 3.40. The minimum Gasteiger partial charge on any atom is -0.502 e. The molecule has 0 radical (unpaired) electrons. The van der Waals surface area contributed by atoms with E-state index in [0.717, 1.165) is 11.8 Å². The van der Waals surface area contributed by atoms with Crippen LogP contribution < -0.4 is 20.3 Å². The number of thioether (sulfide) groups is 1. The average molecular weight is 457 g/mol. The van der Waals surface area contributed by atoms with Gasteiger partial charge < -0.3 is 24.9 Å². The molecule has 166 valence electrons. The van der Waals surface area contributed by atoms with E-state index in [-0.39, 0.29) is 57.7 Å². The summed E-state index contributed by atoms with van der Waals surface area (Å²) in [6, 6.07) is 9.47. The fourth-order valence-corrected chi connectivity index (χ4v) is 4.43. The van der Waals surface area contributed by atoms with Gasteiger partial charge in [0.2, 0.25) is 11.7 Å². The number of halogens is 1. The van der Waals surface area contributed by atoms with Gasteiger partial charge >= 0.3 is 0 Å². The highest BCUT2D eigenvalue weighted by molar-refractivity contribution is 7.98. The first kappa shape index (κ1) is 21.7. The highest BCUT2D eigenvalue weighted by atomic mass is 32.2. The number of anilines is 1. The number of aromatic hydroxyl groups is 1. The standard InChI is InChI=1S/C22H20FN3O5S/c1-30-15-7-12(8-16(31-2)19(15)28)13-9-17(27)24-20-18(13)21(29)26-22(25-20)32-10-11-5-3-4-6-14(11)23/h3-8,13,28H,9-10H2,1-2H3,(H2,24,25,26,27,29). The van der Waals surface area contributed by atoms with Crippen molar-refractivity contribution in [3.05, 3.63) is 69.3 Å². The first-order valence-corrected chi connectivity index (χ1v) is 10.6. The molecule has 1 aliphatic rings. The zero-order valence-electron chi connectivity index (χ0n) is 17.3. The van der Waals surface area contributed by atoms with Gasteiger partial charge in [-0.3, -0.25) is 9.59 Å². The topological polar surface area (TPSA) is 114 Å². The Balaban J connectivity index is 1.71. The van der Waals surface area contributed by atoms with E-state index in [0.29, 0.717) is 11.1 Å². The molecule has 3 N–H and O–H groups in total. The molecule has 0 saturated heterocycles. The molecule has 8 nitrogen and oxygen atoms in total. The van der Waals surface area contributed by atoms with Gasteiger partial charge in [-0.25, -0.2) is 9.37 Å². The monoisotopic (exact) mass is 457 g/mol. The maximum atomic E-state index is 13.9. The number of carbonyl (C=O) groups excluding carboxylic acids is 1. The third-order valence-electron chi connectivity index (χ3n) is 5.16. The number of amides is 1. The highest BCUT2D eigenvalue weighted by Gasteiger charge is 2.32. The normalized spacial score (nSPS) is 15.1. The Kier molecular flexibility index (Phi) is 6.04. The maximum Gasteiger partial charge on any atom is 0.257 e. The van der Waals surface area contributed by atoms with Gasteiger partial charge in [-0.15, -0.1) is 0 Å². The lowest BCUT2D eigenvalue weighted by Crippen LogP contribution is -2.31. The van der Waals surface area contributed by atoms with Crippen molar-refractivity contribution in [2.24, 2.45) is 0 Å². The average Bonchev–Trinajstić information content (AvgIpc) is 2.78. The molecule has 2 heterocycles. The predicted molar refractivity (Wildman–Crippen MR) is 117 cm³/mol. The third kappa shape index (κ3) is 4.13. The Bertz CT molecular complexity index is 1220. The van der Waals surface area contributed by atoms with E-state index in [1.807, 2.05) is 0 Å². The molecule has 1 aliphatic heterocycles. The molecule has 1 amide bonds. The van der Waals surface area contributed by atoms with Gasteiger partial charge in [0.25, 0.3) is 5.56 Å². The summed E-state index contributed by atoms with van der Waals surface area (Å²) in [6.07, 6.45) is 0.0105. The van der Waals surface area contributed by atoms with E-state index in [2.05, 4.69) is 15.3 Å². The van der Waals surface area contributed by atoms with Crippen molar-refractivity contribution in [3.8, 4) is 17.2 Å².